The van der Waals surface area contributed by atoms with E-state index in [9.17, 15) is 0 Å². The first-order valence-corrected chi connectivity index (χ1v) is 6.62. The predicted molar refractivity (Wildman–Crippen MR) is 74.2 cm³/mol. The summed E-state index contributed by atoms with van der Waals surface area (Å²) in [5.74, 6) is 0.517. The van der Waals surface area contributed by atoms with Gasteiger partial charge in [-0.15, -0.1) is 0 Å². The normalized spacial score (nSPS) is 21.1. The molecule has 0 aliphatic carbocycles. The van der Waals surface area contributed by atoms with Gasteiger partial charge in [0, 0.05) is 10.7 Å². The number of nitrogens with zero attached hydrogens (tertiary/aromatic N) is 1. The topological polar surface area (TPSA) is 40.6 Å². The lowest BCUT2D eigenvalue weighted by Crippen LogP contribution is -2.41. The van der Waals surface area contributed by atoms with Crippen LogP contribution in [0, 0.1) is 0 Å². The summed E-state index contributed by atoms with van der Waals surface area (Å²) in [5.41, 5.74) is 0.0364. The van der Waals surface area contributed by atoms with Gasteiger partial charge in [0.25, 0.3) is 0 Å². The number of hydrogen-bond donors (Lipinski definition) is 0. The van der Waals surface area contributed by atoms with Gasteiger partial charge >= 0.3 is 7.12 Å². The van der Waals surface area contributed by atoms with E-state index < -0.39 is 7.12 Å². The molecule has 0 aromatic carbocycles. The molecule has 0 amide bonds. The molecule has 1 saturated heterocycles. The molecule has 18 heavy (non-hydrogen) atoms. The highest BCUT2D eigenvalue weighted by molar-refractivity contribution is 9.10. The highest BCUT2D eigenvalue weighted by atomic mass is 79.9. The van der Waals surface area contributed by atoms with Crippen molar-refractivity contribution in [1.29, 1.82) is 0 Å². The van der Waals surface area contributed by atoms with Crippen molar-refractivity contribution >= 4 is 28.5 Å². The van der Waals surface area contributed by atoms with Crippen molar-refractivity contribution in [3.05, 3.63) is 16.7 Å². The minimum absolute atomic E-state index is 0.377. The largest absolute Gasteiger partial charge is 0.501 e. The van der Waals surface area contributed by atoms with Gasteiger partial charge in [-0.2, -0.15) is 0 Å². The van der Waals surface area contributed by atoms with Crippen LogP contribution in [0.1, 0.15) is 27.7 Å². The van der Waals surface area contributed by atoms with E-state index in [0.29, 0.717) is 5.88 Å². The van der Waals surface area contributed by atoms with Crippen LogP contribution in [0.5, 0.6) is 5.88 Å². The molecule has 0 bridgehead atoms. The average molecular weight is 314 g/mol. The number of methoxy groups -OCH3 is 1. The van der Waals surface area contributed by atoms with Gasteiger partial charge in [-0.05, 0) is 33.8 Å². The van der Waals surface area contributed by atoms with Gasteiger partial charge in [0.1, 0.15) is 0 Å². The number of rotatable bonds is 2. The van der Waals surface area contributed by atoms with Crippen LogP contribution in [0.15, 0.2) is 16.7 Å². The Kier molecular flexibility index (Phi) is 3.47. The van der Waals surface area contributed by atoms with Crippen molar-refractivity contribution < 1.29 is 14.0 Å². The molecule has 1 aliphatic heterocycles. The third-order valence-corrected chi connectivity index (χ3v) is 4.27. The summed E-state index contributed by atoms with van der Waals surface area (Å²) in [6.45, 7) is 8.07. The quantitative estimate of drug-likeness (QED) is 0.785. The first-order valence-electron chi connectivity index (χ1n) is 5.82. The fourth-order valence-electron chi connectivity index (χ4n) is 1.77. The van der Waals surface area contributed by atoms with E-state index in [-0.39, 0.29) is 11.2 Å². The maximum absolute atomic E-state index is 6.00. The number of hydrogen-bond acceptors (Lipinski definition) is 4. The van der Waals surface area contributed by atoms with Gasteiger partial charge in [0.2, 0.25) is 5.88 Å². The summed E-state index contributed by atoms with van der Waals surface area (Å²) in [6.07, 6.45) is 1.68. The second-order valence-electron chi connectivity index (χ2n) is 5.30. The monoisotopic (exact) mass is 313 g/mol. The molecular formula is C12H17BBrNO3. The summed E-state index contributed by atoms with van der Waals surface area (Å²) in [7, 11) is 1.11. The van der Waals surface area contributed by atoms with Crippen molar-refractivity contribution in [1.82, 2.24) is 4.98 Å². The van der Waals surface area contributed by atoms with Crippen LogP contribution in [-0.4, -0.2) is 30.4 Å². The van der Waals surface area contributed by atoms with E-state index in [4.69, 9.17) is 14.0 Å². The summed E-state index contributed by atoms with van der Waals surface area (Å²) >= 11 is 3.49. The molecule has 1 aromatic rings. The molecular weight excluding hydrogens is 297 g/mol. The van der Waals surface area contributed by atoms with Crippen molar-refractivity contribution in [3.63, 3.8) is 0 Å². The summed E-state index contributed by atoms with van der Waals surface area (Å²) < 4.78 is 18.1. The maximum Gasteiger partial charge on any atom is 0.501 e. The average Bonchev–Trinajstić information content (AvgIpc) is 2.47. The molecule has 0 unspecified atom stereocenters. The molecule has 2 heterocycles. The molecule has 0 atom stereocenters. The lowest BCUT2D eigenvalue weighted by atomic mass is 9.80. The lowest BCUT2D eigenvalue weighted by molar-refractivity contribution is 0.00578. The highest BCUT2D eigenvalue weighted by Gasteiger charge is 2.53. The Labute approximate surface area is 116 Å². The predicted octanol–water partition coefficient (Wildman–Crippen LogP) is 2.15. The number of pyridine rings is 1. The van der Waals surface area contributed by atoms with E-state index in [1.54, 1.807) is 13.3 Å². The summed E-state index contributed by atoms with van der Waals surface area (Å²) in [5, 5.41) is 0. The van der Waals surface area contributed by atoms with E-state index in [1.165, 1.54) is 0 Å². The van der Waals surface area contributed by atoms with Gasteiger partial charge < -0.3 is 14.0 Å². The Morgan fingerprint density at radius 1 is 1.22 bits per heavy atom. The van der Waals surface area contributed by atoms with Crippen molar-refractivity contribution in [2.45, 2.75) is 38.9 Å². The van der Waals surface area contributed by atoms with Crippen LogP contribution in [0.2, 0.25) is 0 Å². The molecule has 0 N–H and O–H groups in total. The van der Waals surface area contributed by atoms with Gasteiger partial charge in [-0.3, -0.25) is 0 Å². The Morgan fingerprint density at radius 2 is 1.78 bits per heavy atom. The van der Waals surface area contributed by atoms with Crippen LogP contribution < -0.4 is 10.2 Å². The van der Waals surface area contributed by atoms with E-state index in [0.717, 1.165) is 9.94 Å². The molecule has 1 aliphatic rings. The second-order valence-corrected chi connectivity index (χ2v) is 6.16. The SMILES string of the molecule is COc1nccc(Br)c1B1OC(C)(C)C(C)(C)O1. The van der Waals surface area contributed by atoms with Gasteiger partial charge in [0.05, 0.1) is 23.8 Å². The minimum atomic E-state index is -0.479. The zero-order valence-electron chi connectivity index (χ0n) is 11.3. The molecule has 98 valence electrons. The Balaban J connectivity index is 2.41. The molecule has 0 radical (unpaired) electrons. The number of ether oxygens (including phenoxy) is 1. The molecule has 6 heteroatoms. The van der Waals surface area contributed by atoms with Gasteiger partial charge in [-0.25, -0.2) is 4.98 Å². The van der Waals surface area contributed by atoms with E-state index in [2.05, 4.69) is 20.9 Å². The maximum atomic E-state index is 6.00. The van der Waals surface area contributed by atoms with Crippen molar-refractivity contribution in [2.24, 2.45) is 0 Å². The lowest BCUT2D eigenvalue weighted by Gasteiger charge is -2.32. The van der Waals surface area contributed by atoms with Crippen LogP contribution >= 0.6 is 15.9 Å². The fourth-order valence-corrected chi connectivity index (χ4v) is 2.24. The van der Waals surface area contributed by atoms with Crippen molar-refractivity contribution in [3.8, 4) is 5.88 Å². The van der Waals surface area contributed by atoms with Gasteiger partial charge in [-0.1, -0.05) is 15.9 Å². The third-order valence-electron chi connectivity index (χ3n) is 3.58. The zero-order chi connectivity index (χ0) is 13.6. The zero-order valence-corrected chi connectivity index (χ0v) is 12.9. The Morgan fingerprint density at radius 3 is 2.28 bits per heavy atom. The molecule has 1 fully saturated rings. The van der Waals surface area contributed by atoms with Crippen LogP contribution in [0.4, 0.5) is 0 Å². The highest BCUT2D eigenvalue weighted by Crippen LogP contribution is 2.37. The smallest absolute Gasteiger partial charge is 0.481 e. The molecule has 0 saturated carbocycles. The summed E-state index contributed by atoms with van der Waals surface area (Å²) in [6, 6.07) is 1.85. The van der Waals surface area contributed by atoms with Crippen molar-refractivity contribution in [2.75, 3.05) is 7.11 Å². The minimum Gasteiger partial charge on any atom is -0.481 e. The van der Waals surface area contributed by atoms with Crippen LogP contribution in [0.3, 0.4) is 0 Å². The molecule has 2 rings (SSSR count). The van der Waals surface area contributed by atoms with Crippen LogP contribution in [-0.2, 0) is 9.31 Å². The van der Waals surface area contributed by atoms with Crippen LogP contribution in [0.25, 0.3) is 0 Å². The van der Waals surface area contributed by atoms with E-state index in [1.807, 2.05) is 33.8 Å². The standard InChI is InChI=1S/C12H17BBrNO3/c1-11(2)12(3,4)18-13(17-11)9-8(14)6-7-15-10(9)16-5/h6-7H,1-5H3. The molecule has 1 aromatic heterocycles. The Hall–Kier alpha value is -0.585. The van der Waals surface area contributed by atoms with Gasteiger partial charge in [0.15, 0.2) is 0 Å². The number of halogens is 1. The first kappa shape index (κ1) is 13.8. The number of aromatic nitrogens is 1. The van der Waals surface area contributed by atoms with E-state index >= 15 is 0 Å². The third kappa shape index (κ3) is 2.17. The first-order chi connectivity index (χ1) is 8.28. The fraction of sp³-hybridized carbons (Fsp3) is 0.583. The summed E-state index contributed by atoms with van der Waals surface area (Å²) in [4.78, 5) is 4.19. The molecule has 4 nitrogen and oxygen atoms in total. The second kappa shape index (κ2) is 4.51. The molecule has 0 spiro atoms. The Bertz CT molecular complexity index is 449.